The van der Waals surface area contributed by atoms with E-state index in [4.69, 9.17) is 4.74 Å². The van der Waals surface area contributed by atoms with Crippen molar-refractivity contribution in [3.8, 4) is 0 Å². The van der Waals surface area contributed by atoms with Crippen molar-refractivity contribution < 1.29 is 21.6 Å². The second-order valence-corrected chi connectivity index (χ2v) is 11.9. The molecule has 1 N–H and O–H groups in total. The highest BCUT2D eigenvalue weighted by molar-refractivity contribution is 7.94. The molecule has 2 heterocycles. The first-order valence-electron chi connectivity index (χ1n) is 9.15. The number of ether oxygens (including phenoxy) is 1. The summed E-state index contributed by atoms with van der Waals surface area (Å²) in [4.78, 5) is 4.14. The van der Waals surface area contributed by atoms with Crippen molar-refractivity contribution in [3.05, 3.63) is 29.8 Å². The summed E-state index contributed by atoms with van der Waals surface area (Å²) in [6.45, 7) is 4.71. The van der Waals surface area contributed by atoms with Crippen LogP contribution in [0.5, 0.6) is 0 Å². The fourth-order valence-corrected chi connectivity index (χ4v) is 7.28. The van der Waals surface area contributed by atoms with Gasteiger partial charge in [-0.2, -0.15) is 0 Å². The van der Waals surface area contributed by atoms with E-state index in [2.05, 4.69) is 10.3 Å². The Hall–Kier alpha value is -1.49. The molecule has 2 aromatic rings. The molecule has 1 saturated heterocycles. The molecule has 28 heavy (non-hydrogen) atoms. The molecule has 0 spiro atoms. The number of anilines is 1. The Bertz CT molecular complexity index is 1020. The molecule has 1 aliphatic rings. The summed E-state index contributed by atoms with van der Waals surface area (Å²) in [5.74, 6) is -0.0737. The first-order valence-corrected chi connectivity index (χ1v) is 13.1. The number of hydrogen-bond acceptors (Lipinski definition) is 8. The van der Waals surface area contributed by atoms with E-state index in [-0.39, 0.29) is 31.1 Å². The van der Waals surface area contributed by atoms with Crippen LogP contribution in [0.25, 0.3) is 0 Å². The third-order valence-electron chi connectivity index (χ3n) is 4.42. The van der Waals surface area contributed by atoms with Crippen LogP contribution < -0.4 is 5.32 Å². The van der Waals surface area contributed by atoms with E-state index >= 15 is 0 Å². The molecule has 0 radical (unpaired) electrons. The summed E-state index contributed by atoms with van der Waals surface area (Å²) in [7, 11) is -7.58. The number of benzene rings is 1. The average molecular weight is 445 g/mol. The Morgan fingerprint density at radius 2 is 1.93 bits per heavy atom. The van der Waals surface area contributed by atoms with Crippen LogP contribution >= 0.6 is 11.3 Å². The summed E-state index contributed by atoms with van der Waals surface area (Å²) in [5, 5.41) is 3.06. The predicted octanol–water partition coefficient (Wildman–Crippen LogP) is 3.06. The molecule has 7 nitrogen and oxygen atoms in total. The number of nitrogens with zero attached hydrogens (tertiary/aromatic N) is 1. The van der Waals surface area contributed by atoms with Crippen molar-refractivity contribution in [1.29, 1.82) is 0 Å². The summed E-state index contributed by atoms with van der Waals surface area (Å²) < 4.78 is 56.6. The zero-order chi connectivity index (χ0) is 20.4. The molecule has 1 aliphatic heterocycles. The minimum Gasteiger partial charge on any atom is -0.376 e. The lowest BCUT2D eigenvalue weighted by Crippen LogP contribution is -2.19. The molecule has 1 atom stereocenters. The van der Waals surface area contributed by atoms with Crippen molar-refractivity contribution in [2.45, 2.75) is 53.5 Å². The molecule has 0 aliphatic carbocycles. The van der Waals surface area contributed by atoms with Crippen LogP contribution in [0.2, 0.25) is 0 Å². The lowest BCUT2D eigenvalue weighted by molar-refractivity contribution is 0.120. The van der Waals surface area contributed by atoms with Crippen LogP contribution in [-0.4, -0.2) is 46.8 Å². The predicted molar refractivity (Wildman–Crippen MR) is 109 cm³/mol. The molecule has 1 aromatic heterocycles. The summed E-state index contributed by atoms with van der Waals surface area (Å²) >= 11 is 0.870. The molecular weight excluding hydrogens is 420 g/mol. The third kappa shape index (κ3) is 4.56. The van der Waals surface area contributed by atoms with Gasteiger partial charge in [0.15, 0.2) is 5.03 Å². The number of nitrogens with one attached hydrogen (secondary N) is 1. The number of aryl methyl sites for hydroxylation is 1. The normalized spacial score (nSPS) is 17.7. The first kappa shape index (κ1) is 21.2. The Morgan fingerprint density at radius 1 is 1.21 bits per heavy atom. The van der Waals surface area contributed by atoms with E-state index in [1.54, 1.807) is 19.1 Å². The number of thiazole rings is 1. The molecule has 1 unspecified atom stereocenters. The standard InChI is InChI=1S/C18H24N2O5S3/c1-3-11-27(21,22)18-20-17(16(26-18)19-12-14-5-4-10-25-14)28(23,24)15-8-6-13(2)7-9-15/h6-9,14,19H,3-5,10-12H2,1-2H3. The van der Waals surface area contributed by atoms with Crippen LogP contribution in [0.4, 0.5) is 5.00 Å². The monoisotopic (exact) mass is 444 g/mol. The lowest BCUT2D eigenvalue weighted by atomic mass is 10.2. The van der Waals surface area contributed by atoms with Gasteiger partial charge in [-0.05, 0) is 38.3 Å². The van der Waals surface area contributed by atoms with Gasteiger partial charge in [-0.1, -0.05) is 36.0 Å². The van der Waals surface area contributed by atoms with Gasteiger partial charge in [0.1, 0.15) is 5.00 Å². The average Bonchev–Trinajstić information content (AvgIpc) is 3.30. The van der Waals surface area contributed by atoms with Gasteiger partial charge in [-0.15, -0.1) is 0 Å². The van der Waals surface area contributed by atoms with E-state index < -0.39 is 19.7 Å². The van der Waals surface area contributed by atoms with Crippen LogP contribution in [0, 0.1) is 6.92 Å². The molecular formula is C18H24N2O5S3. The second-order valence-electron chi connectivity index (χ2n) is 6.77. The number of rotatable bonds is 8. The molecule has 10 heteroatoms. The van der Waals surface area contributed by atoms with Crippen molar-refractivity contribution in [2.75, 3.05) is 24.2 Å². The summed E-state index contributed by atoms with van der Waals surface area (Å²) in [6, 6.07) is 6.42. The van der Waals surface area contributed by atoms with Gasteiger partial charge in [0, 0.05) is 13.2 Å². The van der Waals surface area contributed by atoms with Crippen LogP contribution in [0.15, 0.2) is 38.5 Å². The van der Waals surface area contributed by atoms with E-state index in [0.717, 1.165) is 29.7 Å². The van der Waals surface area contributed by atoms with E-state index in [1.807, 2.05) is 6.92 Å². The summed E-state index contributed by atoms with van der Waals surface area (Å²) in [6.07, 6.45) is 2.25. The Morgan fingerprint density at radius 3 is 2.54 bits per heavy atom. The Labute approximate surface area is 170 Å². The van der Waals surface area contributed by atoms with Gasteiger partial charge in [-0.25, -0.2) is 21.8 Å². The molecule has 0 bridgehead atoms. The van der Waals surface area contributed by atoms with Gasteiger partial charge in [0.2, 0.25) is 24.0 Å². The number of sulfone groups is 2. The molecule has 0 saturated carbocycles. The van der Waals surface area contributed by atoms with Gasteiger partial charge >= 0.3 is 0 Å². The van der Waals surface area contributed by atoms with Crippen molar-refractivity contribution in [1.82, 2.24) is 4.98 Å². The van der Waals surface area contributed by atoms with Crippen LogP contribution in [0.1, 0.15) is 31.7 Å². The number of aromatic nitrogens is 1. The maximum Gasteiger partial charge on any atom is 0.226 e. The zero-order valence-corrected chi connectivity index (χ0v) is 18.3. The smallest absolute Gasteiger partial charge is 0.226 e. The lowest BCUT2D eigenvalue weighted by Gasteiger charge is -2.11. The number of hydrogen-bond donors (Lipinski definition) is 1. The van der Waals surface area contributed by atoms with Gasteiger partial charge in [-0.3, -0.25) is 0 Å². The van der Waals surface area contributed by atoms with E-state index in [9.17, 15) is 16.8 Å². The van der Waals surface area contributed by atoms with Gasteiger partial charge in [0.25, 0.3) is 0 Å². The molecule has 1 fully saturated rings. The maximum absolute atomic E-state index is 13.1. The minimum absolute atomic E-state index is 0.0206. The van der Waals surface area contributed by atoms with Gasteiger partial charge < -0.3 is 10.1 Å². The maximum atomic E-state index is 13.1. The van der Waals surface area contributed by atoms with Crippen molar-refractivity contribution >= 4 is 36.0 Å². The molecule has 3 rings (SSSR count). The highest BCUT2D eigenvalue weighted by Crippen LogP contribution is 2.35. The highest BCUT2D eigenvalue weighted by Gasteiger charge is 2.30. The van der Waals surface area contributed by atoms with Crippen LogP contribution in [0.3, 0.4) is 0 Å². The quantitative estimate of drug-likeness (QED) is 0.667. The zero-order valence-electron chi connectivity index (χ0n) is 15.8. The minimum atomic E-state index is -3.95. The van der Waals surface area contributed by atoms with E-state index in [0.29, 0.717) is 19.6 Å². The van der Waals surface area contributed by atoms with Crippen LogP contribution in [-0.2, 0) is 24.4 Å². The fraction of sp³-hybridized carbons (Fsp3) is 0.500. The van der Waals surface area contributed by atoms with E-state index in [1.165, 1.54) is 12.1 Å². The topological polar surface area (TPSA) is 102 Å². The fourth-order valence-electron chi connectivity index (χ4n) is 2.91. The Kier molecular flexibility index (Phi) is 6.43. The highest BCUT2D eigenvalue weighted by atomic mass is 32.2. The van der Waals surface area contributed by atoms with Crippen molar-refractivity contribution in [3.63, 3.8) is 0 Å². The molecule has 1 aromatic carbocycles. The largest absolute Gasteiger partial charge is 0.376 e. The SMILES string of the molecule is CCCS(=O)(=O)c1nc(S(=O)(=O)c2ccc(C)cc2)c(NCC2CCCO2)s1. The van der Waals surface area contributed by atoms with Crippen molar-refractivity contribution in [2.24, 2.45) is 0 Å². The third-order valence-corrected chi connectivity index (χ3v) is 9.63. The molecule has 154 valence electrons. The van der Waals surface area contributed by atoms with Gasteiger partial charge in [0.05, 0.1) is 16.8 Å². The summed E-state index contributed by atoms with van der Waals surface area (Å²) in [5.41, 5.74) is 0.931. The molecule has 0 amide bonds. The Balaban J connectivity index is 2.01. The second kappa shape index (κ2) is 8.48. The first-order chi connectivity index (χ1) is 13.2.